The molecule has 1 aromatic heterocycles. The molecule has 3 rings (SSSR count). The molecule has 0 radical (unpaired) electrons. The number of hydrogen-bond donors (Lipinski definition) is 0. The van der Waals surface area contributed by atoms with Crippen LogP contribution in [0.1, 0.15) is 6.92 Å². The second-order valence-electron chi connectivity index (χ2n) is 5.68. The summed E-state index contributed by atoms with van der Waals surface area (Å²) in [5.41, 5.74) is 0.954. The maximum atomic E-state index is 12.5. The minimum Gasteiger partial charge on any atom is -0.497 e. The zero-order valence-electron chi connectivity index (χ0n) is 14.7. The van der Waals surface area contributed by atoms with Crippen molar-refractivity contribution in [2.75, 3.05) is 12.9 Å². The van der Waals surface area contributed by atoms with Gasteiger partial charge >= 0.3 is 0 Å². The highest BCUT2D eigenvalue weighted by atomic mass is 79.9. The number of sulfone groups is 1. The van der Waals surface area contributed by atoms with Crippen LogP contribution in [0.15, 0.2) is 56.8 Å². The highest BCUT2D eigenvalue weighted by Crippen LogP contribution is 2.22. The fourth-order valence-corrected chi connectivity index (χ4v) is 5.38. The molecular formula is C18H17BrN2O4S2. The Morgan fingerprint density at radius 1 is 1.22 bits per heavy atom. The lowest BCUT2D eigenvalue weighted by Gasteiger charge is -2.04. The molecule has 0 bridgehead atoms. The highest BCUT2D eigenvalue weighted by Gasteiger charge is 2.19. The van der Waals surface area contributed by atoms with Gasteiger partial charge in [-0.2, -0.15) is 4.99 Å². The van der Waals surface area contributed by atoms with E-state index in [0.29, 0.717) is 17.1 Å². The van der Waals surface area contributed by atoms with E-state index in [9.17, 15) is 13.2 Å². The van der Waals surface area contributed by atoms with Crippen LogP contribution >= 0.6 is 27.3 Å². The van der Waals surface area contributed by atoms with Crippen molar-refractivity contribution >= 4 is 53.2 Å². The second-order valence-corrected chi connectivity index (χ2v) is 9.60. The van der Waals surface area contributed by atoms with Crippen molar-refractivity contribution in [1.29, 1.82) is 0 Å². The molecule has 1 amide bonds. The average Bonchev–Trinajstić information content (AvgIpc) is 2.96. The fourth-order valence-electron chi connectivity index (χ4n) is 2.61. The van der Waals surface area contributed by atoms with Gasteiger partial charge in [-0.05, 0) is 49.4 Å². The molecule has 0 aliphatic rings. The maximum absolute atomic E-state index is 12.5. The van der Waals surface area contributed by atoms with E-state index in [1.54, 1.807) is 12.1 Å². The molecule has 1 heterocycles. The molecule has 0 saturated heterocycles. The lowest BCUT2D eigenvalue weighted by atomic mass is 10.3. The van der Waals surface area contributed by atoms with Gasteiger partial charge in [-0.3, -0.25) is 4.79 Å². The summed E-state index contributed by atoms with van der Waals surface area (Å²) in [7, 11) is -2.27. The first-order valence-electron chi connectivity index (χ1n) is 8.07. The summed E-state index contributed by atoms with van der Waals surface area (Å²) in [5, 5.41) is 0. The molecule has 0 aliphatic carbocycles. The molecule has 0 unspecified atom stereocenters. The van der Waals surface area contributed by atoms with Crippen molar-refractivity contribution in [1.82, 2.24) is 4.57 Å². The molecule has 27 heavy (non-hydrogen) atoms. The van der Waals surface area contributed by atoms with Gasteiger partial charge in [-0.15, -0.1) is 0 Å². The summed E-state index contributed by atoms with van der Waals surface area (Å²) >= 11 is 4.78. The quantitative estimate of drug-likeness (QED) is 0.574. The van der Waals surface area contributed by atoms with Crippen LogP contribution in [0.2, 0.25) is 0 Å². The van der Waals surface area contributed by atoms with Crippen LogP contribution in [0, 0.1) is 0 Å². The van der Waals surface area contributed by atoms with E-state index in [-0.39, 0.29) is 4.90 Å². The number of aryl methyl sites for hydroxylation is 1. The Hall–Kier alpha value is -1.97. The van der Waals surface area contributed by atoms with Crippen LogP contribution < -0.4 is 9.54 Å². The minimum atomic E-state index is -3.77. The van der Waals surface area contributed by atoms with Crippen LogP contribution in [-0.2, 0) is 21.2 Å². The first-order valence-corrected chi connectivity index (χ1v) is 11.3. The smallest absolute Gasteiger partial charge is 0.263 e. The highest BCUT2D eigenvalue weighted by molar-refractivity contribution is 9.10. The summed E-state index contributed by atoms with van der Waals surface area (Å²) in [4.78, 5) is 17.0. The molecule has 142 valence electrons. The van der Waals surface area contributed by atoms with Crippen LogP contribution in [0.5, 0.6) is 5.75 Å². The summed E-state index contributed by atoms with van der Waals surface area (Å²) in [6.45, 7) is 2.57. The number of methoxy groups -OCH3 is 1. The maximum Gasteiger partial charge on any atom is 0.263 e. The number of thiazole rings is 1. The van der Waals surface area contributed by atoms with Gasteiger partial charge in [-0.25, -0.2) is 8.42 Å². The lowest BCUT2D eigenvalue weighted by molar-refractivity contribution is -0.115. The first kappa shape index (κ1) is 19.8. The van der Waals surface area contributed by atoms with E-state index in [1.807, 2.05) is 29.7 Å². The number of halogens is 1. The third-order valence-electron chi connectivity index (χ3n) is 3.91. The molecule has 0 N–H and O–H groups in total. The van der Waals surface area contributed by atoms with E-state index in [2.05, 4.69) is 20.9 Å². The number of nitrogens with zero attached hydrogens (tertiary/aromatic N) is 2. The topological polar surface area (TPSA) is 77.7 Å². The zero-order chi connectivity index (χ0) is 19.6. The number of carbonyl (C=O) groups excluding carboxylic acids is 1. The number of hydrogen-bond acceptors (Lipinski definition) is 5. The van der Waals surface area contributed by atoms with Crippen molar-refractivity contribution in [3.8, 4) is 5.75 Å². The number of fused-ring (bicyclic) bond motifs is 1. The van der Waals surface area contributed by atoms with E-state index in [0.717, 1.165) is 14.7 Å². The van der Waals surface area contributed by atoms with E-state index < -0.39 is 21.5 Å². The number of rotatable bonds is 5. The predicted molar refractivity (Wildman–Crippen MR) is 109 cm³/mol. The Morgan fingerprint density at radius 2 is 1.93 bits per heavy atom. The lowest BCUT2D eigenvalue weighted by Crippen LogP contribution is -2.20. The largest absolute Gasteiger partial charge is 0.497 e. The third-order valence-corrected chi connectivity index (χ3v) is 7.07. The summed E-state index contributed by atoms with van der Waals surface area (Å²) < 4.78 is 33.8. The van der Waals surface area contributed by atoms with Crippen molar-refractivity contribution < 1.29 is 17.9 Å². The minimum absolute atomic E-state index is 0.0653. The van der Waals surface area contributed by atoms with Crippen LogP contribution in [-0.4, -0.2) is 31.8 Å². The van der Waals surface area contributed by atoms with Crippen molar-refractivity contribution in [3.63, 3.8) is 0 Å². The monoisotopic (exact) mass is 468 g/mol. The number of aromatic nitrogens is 1. The standard InChI is InChI=1S/C18H17BrN2O4S2/c1-3-21-15-9-4-12(19)10-16(15)26-18(21)20-17(22)11-27(23,24)14-7-5-13(25-2)6-8-14/h4-10H,3,11H2,1-2H3. The van der Waals surface area contributed by atoms with Gasteiger partial charge in [-0.1, -0.05) is 27.3 Å². The molecule has 2 aromatic carbocycles. The van der Waals surface area contributed by atoms with E-state index in [4.69, 9.17) is 4.74 Å². The Labute approximate surface area is 169 Å². The normalized spacial score (nSPS) is 12.5. The molecule has 0 fully saturated rings. The van der Waals surface area contributed by atoms with Crippen molar-refractivity contribution in [2.45, 2.75) is 18.4 Å². The van der Waals surface area contributed by atoms with Crippen LogP contribution in [0.3, 0.4) is 0 Å². The Kier molecular flexibility index (Phi) is 5.83. The summed E-state index contributed by atoms with van der Waals surface area (Å²) in [6.07, 6.45) is 0. The van der Waals surface area contributed by atoms with Gasteiger partial charge in [0.15, 0.2) is 14.6 Å². The van der Waals surface area contributed by atoms with Gasteiger partial charge in [0.1, 0.15) is 11.5 Å². The van der Waals surface area contributed by atoms with E-state index in [1.165, 1.54) is 30.6 Å². The fraction of sp³-hybridized carbons (Fsp3) is 0.222. The molecule has 0 aliphatic heterocycles. The molecule has 0 saturated carbocycles. The summed E-state index contributed by atoms with van der Waals surface area (Å²) in [5.74, 6) is -0.829. The van der Waals surface area contributed by atoms with Crippen molar-refractivity contribution in [3.05, 3.63) is 51.7 Å². The van der Waals surface area contributed by atoms with E-state index >= 15 is 0 Å². The predicted octanol–water partition coefficient (Wildman–Crippen LogP) is 3.40. The average molecular weight is 469 g/mol. The first-order chi connectivity index (χ1) is 12.8. The SMILES string of the molecule is CCn1c(=NC(=O)CS(=O)(=O)c2ccc(OC)cc2)sc2cc(Br)ccc21. The number of carbonyl (C=O) groups is 1. The number of ether oxygens (including phenoxy) is 1. The zero-order valence-corrected chi connectivity index (χ0v) is 17.9. The van der Waals surface area contributed by atoms with Gasteiger partial charge < -0.3 is 9.30 Å². The third kappa shape index (κ3) is 4.31. The number of benzene rings is 2. The molecule has 0 atom stereocenters. The van der Waals surface area contributed by atoms with Crippen LogP contribution in [0.4, 0.5) is 0 Å². The molecule has 3 aromatic rings. The Bertz CT molecular complexity index is 1160. The molecule has 0 spiro atoms. The molecular weight excluding hydrogens is 452 g/mol. The summed E-state index contributed by atoms with van der Waals surface area (Å²) in [6, 6.07) is 11.7. The Morgan fingerprint density at radius 3 is 2.56 bits per heavy atom. The van der Waals surface area contributed by atoms with Gasteiger partial charge in [0.2, 0.25) is 0 Å². The van der Waals surface area contributed by atoms with Gasteiger partial charge in [0.25, 0.3) is 5.91 Å². The van der Waals surface area contributed by atoms with Gasteiger partial charge in [0.05, 0.1) is 22.2 Å². The van der Waals surface area contributed by atoms with Crippen LogP contribution in [0.25, 0.3) is 10.2 Å². The molecule has 6 nitrogen and oxygen atoms in total. The second kappa shape index (κ2) is 7.95. The molecule has 9 heteroatoms. The Balaban J connectivity index is 1.93. The number of amides is 1. The van der Waals surface area contributed by atoms with Gasteiger partial charge in [0, 0.05) is 11.0 Å². The van der Waals surface area contributed by atoms with Crippen molar-refractivity contribution in [2.24, 2.45) is 4.99 Å².